The van der Waals surface area contributed by atoms with Gasteiger partial charge in [0.25, 0.3) is 0 Å². The molecule has 4 fully saturated rings. The minimum absolute atomic E-state index is 0.0182. The summed E-state index contributed by atoms with van der Waals surface area (Å²) in [6, 6.07) is 5.32. The van der Waals surface area contributed by atoms with Crippen molar-refractivity contribution in [2.75, 3.05) is 13.2 Å². The number of carbonyl (C=O) groups excluding carboxylic acids is 1. The highest BCUT2D eigenvalue weighted by molar-refractivity contribution is 6.39. The minimum Gasteiger partial charge on any atom is -0.478 e. The van der Waals surface area contributed by atoms with Crippen molar-refractivity contribution >= 4 is 40.1 Å². The fourth-order valence-corrected chi connectivity index (χ4v) is 8.47. The zero-order chi connectivity index (χ0) is 28.4. The van der Waals surface area contributed by atoms with E-state index in [0.29, 0.717) is 45.8 Å². The predicted octanol–water partition coefficient (Wildman–Crippen LogP) is 7.70. The number of nitrogens with zero attached hydrogens (tertiary/aromatic N) is 1. The summed E-state index contributed by atoms with van der Waals surface area (Å²) in [7, 11) is 0. The van der Waals surface area contributed by atoms with Gasteiger partial charge >= 0.3 is 5.97 Å². The normalized spacial score (nSPS) is 36.3. The zero-order valence-corrected chi connectivity index (χ0v) is 25.1. The monoisotopic (exact) mass is 585 g/mol. The number of halogens is 2. The van der Waals surface area contributed by atoms with E-state index >= 15 is 0 Å². The Bertz CT molecular complexity index is 1410. The molecule has 4 aliphatic rings. The number of ether oxygens (including phenoxy) is 4. The number of hydrogen-bond donors (Lipinski definition) is 0. The second kappa shape index (κ2) is 10.0. The summed E-state index contributed by atoms with van der Waals surface area (Å²) in [6.45, 7) is 14.1. The van der Waals surface area contributed by atoms with E-state index in [2.05, 4.69) is 25.4 Å². The van der Waals surface area contributed by atoms with E-state index in [1.54, 1.807) is 12.3 Å². The van der Waals surface area contributed by atoms with Crippen LogP contribution in [-0.4, -0.2) is 42.2 Å². The molecule has 2 saturated carbocycles. The third-order valence-corrected chi connectivity index (χ3v) is 10.6. The molecule has 6 atom stereocenters. The van der Waals surface area contributed by atoms with Crippen LogP contribution in [-0.2, 0) is 19.0 Å². The number of aromatic nitrogens is 1. The number of esters is 1. The average molecular weight is 587 g/mol. The van der Waals surface area contributed by atoms with E-state index in [-0.39, 0.29) is 35.4 Å². The first kappa shape index (κ1) is 28.0. The Hall–Kier alpha value is -2.12. The van der Waals surface area contributed by atoms with Gasteiger partial charge in [-0.05, 0) is 81.4 Å². The van der Waals surface area contributed by atoms with Crippen molar-refractivity contribution in [2.45, 2.75) is 77.8 Å². The van der Waals surface area contributed by atoms with Crippen molar-refractivity contribution in [3.63, 3.8) is 0 Å². The number of carbonyl (C=O) groups is 1. The lowest BCUT2D eigenvalue weighted by molar-refractivity contribution is -0.344. The molecule has 214 valence electrons. The summed E-state index contributed by atoms with van der Waals surface area (Å²) >= 11 is 12.9. The molecule has 2 aromatic rings. The summed E-state index contributed by atoms with van der Waals surface area (Å²) in [4.78, 5) is 17.3. The molecule has 0 radical (unpaired) electrons. The average Bonchev–Trinajstić information content (AvgIpc) is 3.25. The number of cyclic esters (lactones) is 1. The molecule has 0 unspecified atom stereocenters. The van der Waals surface area contributed by atoms with Gasteiger partial charge in [0.15, 0.2) is 17.6 Å². The SMILES string of the molecule is C=C1CC[C@@H]2[C@]3(C)COC(C)(C)O[C@@H]3CC[C@@]2(C)[C@@H]1C/C=C1/C(=O)OC[C@H]1Oc1c(Cl)cc(Cl)c2cccnc12. The minimum atomic E-state index is -0.590. The smallest absolute Gasteiger partial charge is 0.337 e. The quantitative estimate of drug-likeness (QED) is 0.208. The Morgan fingerprint density at radius 3 is 2.77 bits per heavy atom. The molecule has 0 N–H and O–H groups in total. The van der Waals surface area contributed by atoms with Crippen molar-refractivity contribution in [3.05, 3.63) is 58.2 Å². The van der Waals surface area contributed by atoms with E-state index in [1.165, 1.54) is 5.57 Å². The molecule has 40 heavy (non-hydrogen) atoms. The Kier molecular flexibility index (Phi) is 7.01. The van der Waals surface area contributed by atoms with Gasteiger partial charge in [-0.15, -0.1) is 0 Å². The highest BCUT2D eigenvalue weighted by Crippen LogP contribution is 2.63. The Morgan fingerprint density at radius 1 is 1.18 bits per heavy atom. The summed E-state index contributed by atoms with van der Waals surface area (Å²) in [5, 5.41) is 1.57. The van der Waals surface area contributed by atoms with E-state index in [0.717, 1.165) is 31.1 Å². The molecule has 0 bridgehead atoms. The van der Waals surface area contributed by atoms with Gasteiger partial charge < -0.3 is 18.9 Å². The van der Waals surface area contributed by atoms with Gasteiger partial charge in [-0.3, -0.25) is 4.98 Å². The maximum atomic E-state index is 12.9. The molecule has 2 aliphatic heterocycles. The van der Waals surface area contributed by atoms with Crippen LogP contribution < -0.4 is 4.74 Å². The number of hydrogen-bond acceptors (Lipinski definition) is 6. The summed E-state index contributed by atoms with van der Waals surface area (Å²) in [5.41, 5.74) is 2.27. The van der Waals surface area contributed by atoms with Crippen molar-refractivity contribution in [1.29, 1.82) is 0 Å². The third kappa shape index (κ3) is 4.56. The van der Waals surface area contributed by atoms with E-state index in [1.807, 2.05) is 32.1 Å². The molecule has 6 nitrogen and oxygen atoms in total. The lowest BCUT2D eigenvalue weighted by atomic mass is 9.46. The second-order valence-corrected chi connectivity index (χ2v) is 13.6. The number of benzene rings is 1. The lowest BCUT2D eigenvalue weighted by Crippen LogP contribution is -2.62. The lowest BCUT2D eigenvalue weighted by Gasteiger charge is -2.63. The highest BCUT2D eigenvalue weighted by Gasteiger charge is 2.60. The largest absolute Gasteiger partial charge is 0.478 e. The molecule has 8 heteroatoms. The molecule has 1 aromatic carbocycles. The summed E-state index contributed by atoms with van der Waals surface area (Å²) < 4.78 is 24.5. The van der Waals surface area contributed by atoms with Crippen molar-refractivity contribution in [3.8, 4) is 5.75 Å². The first-order valence-electron chi connectivity index (χ1n) is 14.2. The van der Waals surface area contributed by atoms with Crippen LogP contribution in [0.15, 0.2) is 48.2 Å². The van der Waals surface area contributed by atoms with E-state index in [4.69, 9.17) is 42.1 Å². The van der Waals surface area contributed by atoms with Crippen LogP contribution in [0, 0.1) is 22.7 Å². The van der Waals surface area contributed by atoms with Gasteiger partial charge in [0.05, 0.1) is 28.3 Å². The van der Waals surface area contributed by atoms with Crippen molar-refractivity contribution < 1.29 is 23.7 Å². The van der Waals surface area contributed by atoms with Crippen molar-refractivity contribution in [1.82, 2.24) is 4.98 Å². The number of fused-ring (bicyclic) bond motifs is 4. The molecule has 3 heterocycles. The Labute approximate surface area is 246 Å². The van der Waals surface area contributed by atoms with Gasteiger partial charge in [0.1, 0.15) is 12.1 Å². The van der Waals surface area contributed by atoms with Crippen LogP contribution in [0.25, 0.3) is 10.9 Å². The first-order chi connectivity index (χ1) is 18.9. The number of allylic oxidation sites excluding steroid dienone is 2. The number of pyridine rings is 1. The summed E-state index contributed by atoms with van der Waals surface area (Å²) in [6.07, 6.45) is 8.02. The fraction of sp³-hybridized carbons (Fsp3) is 0.562. The summed E-state index contributed by atoms with van der Waals surface area (Å²) in [5.74, 6) is 0.142. The van der Waals surface area contributed by atoms with Crippen molar-refractivity contribution in [2.24, 2.45) is 22.7 Å². The second-order valence-electron chi connectivity index (χ2n) is 12.8. The zero-order valence-electron chi connectivity index (χ0n) is 23.6. The maximum absolute atomic E-state index is 12.9. The standard InChI is InChI=1S/C32H37Cl2NO5/c1-18-8-11-25-31(4,13-12-26-32(25,5)17-38-30(2,3)40-26)21(18)10-9-20-24(16-37-29(20)36)39-28-23(34)15-22(33)19-7-6-14-35-27(19)28/h6-7,9,14-15,21,24-26H,1,8,10-13,16-17H2,2-5H3/b20-9+/t21-,24-,25+,26-,31+,32+/m1/s1. The van der Waals surface area contributed by atoms with Crippen LogP contribution in [0.4, 0.5) is 0 Å². The molecular weight excluding hydrogens is 549 g/mol. The van der Waals surface area contributed by atoms with Crippen LogP contribution >= 0.6 is 23.2 Å². The van der Waals surface area contributed by atoms with Crippen LogP contribution in [0.3, 0.4) is 0 Å². The van der Waals surface area contributed by atoms with Crippen LogP contribution in [0.1, 0.15) is 59.8 Å². The van der Waals surface area contributed by atoms with Gasteiger partial charge in [-0.25, -0.2) is 4.79 Å². The highest BCUT2D eigenvalue weighted by atomic mass is 35.5. The molecule has 1 aromatic heterocycles. The van der Waals surface area contributed by atoms with Crippen LogP contribution in [0.5, 0.6) is 5.75 Å². The van der Waals surface area contributed by atoms with E-state index in [9.17, 15) is 4.79 Å². The van der Waals surface area contributed by atoms with E-state index < -0.39 is 11.9 Å². The first-order valence-corrected chi connectivity index (χ1v) is 14.9. The molecular formula is C32H37Cl2NO5. The predicted molar refractivity (Wildman–Crippen MR) is 156 cm³/mol. The Morgan fingerprint density at radius 2 is 1.98 bits per heavy atom. The molecule has 6 rings (SSSR count). The van der Waals surface area contributed by atoms with Gasteiger partial charge in [-0.2, -0.15) is 0 Å². The van der Waals surface area contributed by atoms with Gasteiger partial charge in [0.2, 0.25) is 0 Å². The number of rotatable bonds is 4. The third-order valence-electron chi connectivity index (χ3n) is 10.0. The fourth-order valence-electron chi connectivity index (χ4n) is 7.91. The van der Waals surface area contributed by atoms with Gasteiger partial charge in [0, 0.05) is 17.0 Å². The maximum Gasteiger partial charge on any atom is 0.337 e. The van der Waals surface area contributed by atoms with Crippen LogP contribution in [0.2, 0.25) is 10.0 Å². The topological polar surface area (TPSA) is 66.9 Å². The molecule has 2 saturated heterocycles. The molecule has 0 spiro atoms. The molecule has 0 amide bonds. The molecule has 2 aliphatic carbocycles. The Balaban J connectivity index is 1.27. The van der Waals surface area contributed by atoms with Gasteiger partial charge in [-0.1, -0.05) is 55.3 Å².